The molecular weight excluding hydrogens is 136 g/mol. The molecule has 10 heavy (non-hydrogen) atoms. The molecule has 0 atom stereocenters. The Kier molecular flexibility index (Phi) is 4.10. The first-order valence-electron chi connectivity index (χ1n) is 2.73. The van der Waals surface area contributed by atoms with E-state index in [2.05, 4.69) is 17.4 Å². The number of nitro groups is 1. The van der Waals surface area contributed by atoms with Crippen molar-refractivity contribution < 1.29 is 5.03 Å². The largest absolute Gasteiger partial charge is 0.337 e. The van der Waals surface area contributed by atoms with Crippen LogP contribution in [0.3, 0.4) is 0 Å². The number of hydrogen-bond acceptors (Lipinski definition) is 3. The lowest BCUT2D eigenvalue weighted by Gasteiger charge is -1.98. The molecule has 0 spiro atoms. The van der Waals surface area contributed by atoms with E-state index in [1.165, 1.54) is 5.01 Å². The molecule has 1 radical (unpaired) electrons. The summed E-state index contributed by atoms with van der Waals surface area (Å²) in [6, 6.07) is 0. The minimum Gasteiger partial charge on any atom is -0.337 e. The Morgan fingerprint density at radius 3 is 2.80 bits per heavy atom. The maximum atomic E-state index is 9.61. The Balaban J connectivity index is 3.55. The van der Waals surface area contributed by atoms with Gasteiger partial charge in [0.15, 0.2) is 5.22 Å². The predicted octanol–water partition coefficient (Wildman–Crippen LogP) is 0.701. The maximum absolute atomic E-state index is 9.61. The molecule has 0 amide bonds. The van der Waals surface area contributed by atoms with Crippen molar-refractivity contribution in [1.82, 2.24) is 5.01 Å². The van der Waals surface area contributed by atoms with Crippen molar-refractivity contribution in [3.8, 4) is 0 Å². The molecule has 0 rings (SSSR count). The fraction of sp³-hybridized carbons (Fsp3) is 0.750. The van der Waals surface area contributed by atoms with Gasteiger partial charge in [-0.05, 0) is 6.42 Å². The Labute approximate surface area is 58.6 Å². The first kappa shape index (κ1) is 8.80. The van der Waals surface area contributed by atoms with Gasteiger partial charge in [0.2, 0.25) is 5.22 Å². The quantitative estimate of drug-likeness (QED) is 0.332. The minimum atomic E-state index is -0.848. The third-order valence-corrected chi connectivity index (χ3v) is 0.747. The smallest absolute Gasteiger partial charge is 0.207 e. The van der Waals surface area contributed by atoms with E-state index >= 15 is 0 Å². The molecule has 0 aromatic heterocycles. The average molecular weight is 145 g/mol. The van der Waals surface area contributed by atoms with E-state index in [4.69, 9.17) is 0 Å². The molecule has 0 aromatic rings. The molecule has 0 aliphatic rings. The van der Waals surface area contributed by atoms with Crippen molar-refractivity contribution >= 4 is 0 Å². The van der Waals surface area contributed by atoms with E-state index in [9.17, 15) is 10.1 Å². The summed E-state index contributed by atoms with van der Waals surface area (Å²) in [5.41, 5.74) is 0. The van der Waals surface area contributed by atoms with E-state index in [0.29, 0.717) is 13.0 Å². The van der Waals surface area contributed by atoms with Gasteiger partial charge in [0.25, 0.3) is 0 Å². The van der Waals surface area contributed by atoms with Crippen LogP contribution >= 0.6 is 0 Å². The molecule has 0 aromatic carbocycles. The summed E-state index contributed by atoms with van der Waals surface area (Å²) in [7, 11) is 1.60. The summed E-state index contributed by atoms with van der Waals surface area (Å²) >= 11 is 0. The van der Waals surface area contributed by atoms with Crippen LogP contribution in [-0.2, 0) is 0 Å². The zero-order chi connectivity index (χ0) is 7.98. The fourth-order valence-corrected chi connectivity index (χ4v) is 0.374. The first-order valence-corrected chi connectivity index (χ1v) is 2.73. The van der Waals surface area contributed by atoms with Crippen LogP contribution in [0.1, 0.15) is 6.42 Å². The second kappa shape index (κ2) is 4.66. The molecule has 0 bridgehead atoms. The molecule has 6 heteroatoms. The van der Waals surface area contributed by atoms with Crippen molar-refractivity contribution in [2.75, 3.05) is 13.6 Å². The van der Waals surface area contributed by atoms with Crippen LogP contribution < -0.4 is 0 Å². The van der Waals surface area contributed by atoms with Crippen LogP contribution in [0.5, 0.6) is 0 Å². The summed E-state index contributed by atoms with van der Waals surface area (Å²) in [6.07, 6.45) is 0.646. The van der Waals surface area contributed by atoms with E-state index in [0.717, 1.165) is 0 Å². The topological polar surface area (TPSA) is 71.1 Å². The van der Waals surface area contributed by atoms with Gasteiger partial charge >= 0.3 is 0 Å². The normalized spacial score (nSPS) is 10.2. The highest BCUT2D eigenvalue weighted by atomic mass is 16.7. The van der Waals surface area contributed by atoms with Crippen LogP contribution in [0, 0.1) is 17.0 Å². The molecule has 0 N–H and O–H groups in total. The Morgan fingerprint density at radius 1 is 1.80 bits per heavy atom. The monoisotopic (exact) mass is 145 g/mol. The van der Waals surface area contributed by atoms with Crippen LogP contribution in [0.15, 0.2) is 10.4 Å². The van der Waals surface area contributed by atoms with Crippen molar-refractivity contribution in [2.24, 2.45) is 10.4 Å². The maximum Gasteiger partial charge on any atom is 0.207 e. The number of hydrogen-bond donors (Lipinski definition) is 0. The Hall–Kier alpha value is -1.20. The Bertz CT molecular complexity index is 135. The van der Waals surface area contributed by atoms with Crippen LogP contribution in [0.25, 0.3) is 0 Å². The van der Waals surface area contributed by atoms with E-state index in [1.54, 1.807) is 7.05 Å². The lowest BCUT2D eigenvalue weighted by atomic mass is 10.5. The van der Waals surface area contributed by atoms with Crippen molar-refractivity contribution in [3.05, 3.63) is 17.0 Å². The first-order chi connectivity index (χ1) is 4.66. The predicted molar refractivity (Wildman–Crippen MR) is 34.5 cm³/mol. The molecule has 0 aliphatic heterocycles. The van der Waals surface area contributed by atoms with Gasteiger partial charge in [-0.25, -0.2) is 0 Å². The van der Waals surface area contributed by atoms with Gasteiger partial charge in [-0.1, -0.05) is 6.92 Å². The summed E-state index contributed by atoms with van der Waals surface area (Å²) in [6.45, 7) is 4.11. The molecule has 0 heterocycles. The van der Waals surface area contributed by atoms with Crippen LogP contribution in [-0.4, -0.2) is 23.6 Å². The third-order valence-electron chi connectivity index (χ3n) is 0.747. The van der Waals surface area contributed by atoms with Crippen molar-refractivity contribution in [1.29, 1.82) is 0 Å². The number of nitrogens with zero attached hydrogens (tertiary/aromatic N) is 4. The SMILES string of the molecule is [CH2]CCN(C)N=N[N+](=O)[O-]. The lowest BCUT2D eigenvalue weighted by Crippen LogP contribution is -2.11. The third kappa shape index (κ3) is 4.95. The average Bonchev–Trinajstić information content (AvgIpc) is 1.85. The van der Waals surface area contributed by atoms with Gasteiger partial charge in [-0.3, -0.25) is 0 Å². The standard InChI is InChI=1S/C4H9N4O2/c1-3-4-7(2)5-6-8(9)10/h1,3-4H2,2H3. The molecule has 0 fully saturated rings. The second-order valence-corrected chi connectivity index (χ2v) is 1.65. The van der Waals surface area contributed by atoms with E-state index in [-0.39, 0.29) is 0 Å². The molecule has 0 saturated carbocycles. The highest BCUT2D eigenvalue weighted by Crippen LogP contribution is 1.87. The summed E-state index contributed by atoms with van der Waals surface area (Å²) in [4.78, 5) is 9.61. The van der Waals surface area contributed by atoms with Crippen molar-refractivity contribution in [3.63, 3.8) is 0 Å². The zero-order valence-corrected chi connectivity index (χ0v) is 5.73. The number of rotatable bonds is 4. The molecule has 6 nitrogen and oxygen atoms in total. The Morgan fingerprint density at radius 2 is 2.40 bits per heavy atom. The van der Waals surface area contributed by atoms with Gasteiger partial charge in [0.1, 0.15) is 0 Å². The van der Waals surface area contributed by atoms with Gasteiger partial charge in [0.05, 0.1) is 11.6 Å². The van der Waals surface area contributed by atoms with Crippen molar-refractivity contribution in [2.45, 2.75) is 6.42 Å². The van der Waals surface area contributed by atoms with Gasteiger partial charge < -0.3 is 10.1 Å². The highest BCUT2D eigenvalue weighted by molar-refractivity contribution is 4.42. The molecule has 0 aliphatic carbocycles. The van der Waals surface area contributed by atoms with Gasteiger partial charge in [0, 0.05) is 7.05 Å². The fourth-order valence-electron chi connectivity index (χ4n) is 0.374. The van der Waals surface area contributed by atoms with Crippen LogP contribution in [0.2, 0.25) is 0 Å². The molecule has 0 unspecified atom stereocenters. The molecule has 0 saturated heterocycles. The molecule has 57 valence electrons. The minimum absolute atomic E-state index is 0.567. The molecular formula is C4H9N4O2. The van der Waals surface area contributed by atoms with Gasteiger partial charge in [-0.15, -0.1) is 0 Å². The van der Waals surface area contributed by atoms with E-state index in [1.807, 2.05) is 0 Å². The summed E-state index contributed by atoms with van der Waals surface area (Å²) in [5.74, 6) is 0. The highest BCUT2D eigenvalue weighted by Gasteiger charge is 1.96. The summed E-state index contributed by atoms with van der Waals surface area (Å²) < 4.78 is 0. The lowest BCUT2D eigenvalue weighted by molar-refractivity contribution is -0.496. The zero-order valence-electron chi connectivity index (χ0n) is 5.73. The van der Waals surface area contributed by atoms with Gasteiger partial charge in [-0.2, -0.15) is 5.01 Å². The summed E-state index contributed by atoms with van der Waals surface area (Å²) in [5, 5.41) is 16.0. The van der Waals surface area contributed by atoms with Crippen LogP contribution in [0.4, 0.5) is 0 Å². The second-order valence-electron chi connectivity index (χ2n) is 1.65. The van der Waals surface area contributed by atoms with E-state index < -0.39 is 5.03 Å².